The lowest BCUT2D eigenvalue weighted by Gasteiger charge is -2.48. The maximum Gasteiger partial charge on any atom is 0.220 e. The summed E-state index contributed by atoms with van der Waals surface area (Å²) in [5.41, 5.74) is 0. The SMILES string of the molecule is CCCC/C=C/CC/C=C/CC/C=C/C(O)C(COC1OC(CO)C(OC2OC(CO)C(OC3OC(CO)C(O)C(O)C3O)C(O)C2O)C(O)C1O)NC(=O)CCCC. The first kappa shape index (κ1) is 51.4. The normalized spacial score (nSPS) is 36.7. The Morgan fingerprint density at radius 1 is 0.593 bits per heavy atom. The number of allylic oxidation sites excluding steroid dienone is 5. The molecule has 0 aliphatic carbocycles. The molecule has 0 radical (unpaired) electrons. The van der Waals surface area contributed by atoms with E-state index in [0.29, 0.717) is 12.8 Å². The molecule has 3 saturated heterocycles. The molecule has 0 aromatic rings. The maximum absolute atomic E-state index is 12.7. The van der Waals surface area contributed by atoms with Crippen LogP contribution in [-0.2, 0) is 33.2 Å². The zero-order chi connectivity index (χ0) is 43.5. The number of unbranched alkanes of at least 4 members (excludes halogenated alkanes) is 5. The zero-order valence-electron chi connectivity index (χ0n) is 34.0. The summed E-state index contributed by atoms with van der Waals surface area (Å²) in [6.45, 7) is 1.28. The highest BCUT2D eigenvalue weighted by molar-refractivity contribution is 5.76. The van der Waals surface area contributed by atoms with Crippen LogP contribution in [0, 0.1) is 0 Å². The highest BCUT2D eigenvalue weighted by Gasteiger charge is 2.53. The molecule has 0 spiro atoms. The third kappa shape index (κ3) is 15.4. The van der Waals surface area contributed by atoms with E-state index in [9.17, 15) is 61.0 Å². The number of hydrogen-bond donors (Lipinski definition) is 12. The molecule has 0 saturated carbocycles. The molecular formula is C40H69NO18. The molecule has 19 heteroatoms. The minimum Gasteiger partial charge on any atom is -0.394 e. The lowest BCUT2D eigenvalue weighted by atomic mass is 9.96. The Morgan fingerprint density at radius 3 is 1.58 bits per heavy atom. The Morgan fingerprint density at radius 2 is 1.05 bits per heavy atom. The molecule has 17 atom stereocenters. The van der Waals surface area contributed by atoms with Crippen LogP contribution in [0.1, 0.15) is 78.1 Å². The summed E-state index contributed by atoms with van der Waals surface area (Å²) in [6, 6.07) is -0.985. The molecule has 1 amide bonds. The van der Waals surface area contributed by atoms with Gasteiger partial charge in [-0.3, -0.25) is 4.79 Å². The van der Waals surface area contributed by atoms with Crippen LogP contribution < -0.4 is 5.32 Å². The first-order valence-corrected chi connectivity index (χ1v) is 20.7. The average molecular weight is 852 g/mol. The molecule has 12 N–H and O–H groups in total. The van der Waals surface area contributed by atoms with E-state index in [1.165, 1.54) is 18.9 Å². The van der Waals surface area contributed by atoms with Gasteiger partial charge in [0.1, 0.15) is 73.2 Å². The Labute approximate surface area is 345 Å². The zero-order valence-corrected chi connectivity index (χ0v) is 34.0. The molecular weight excluding hydrogens is 782 g/mol. The van der Waals surface area contributed by atoms with Crippen molar-refractivity contribution in [1.29, 1.82) is 0 Å². The lowest BCUT2D eigenvalue weighted by Crippen LogP contribution is -2.66. The minimum atomic E-state index is -1.98. The Balaban J connectivity index is 1.60. The van der Waals surface area contributed by atoms with Gasteiger partial charge in [0.05, 0.1) is 38.6 Å². The number of hydrogen-bond acceptors (Lipinski definition) is 18. The molecule has 3 aliphatic rings. The smallest absolute Gasteiger partial charge is 0.220 e. The summed E-state index contributed by atoms with van der Waals surface area (Å²) < 4.78 is 33.7. The topological polar surface area (TPSA) is 307 Å². The van der Waals surface area contributed by atoms with Crippen LogP contribution in [0.4, 0.5) is 0 Å². The predicted octanol–water partition coefficient (Wildman–Crippen LogP) is -2.09. The molecule has 0 aromatic carbocycles. The van der Waals surface area contributed by atoms with Crippen molar-refractivity contribution >= 4 is 5.91 Å². The lowest BCUT2D eigenvalue weighted by molar-refractivity contribution is -0.379. The number of carbonyl (C=O) groups excluding carboxylic acids is 1. The third-order valence-electron chi connectivity index (χ3n) is 10.4. The summed E-state index contributed by atoms with van der Waals surface area (Å²) >= 11 is 0. The van der Waals surface area contributed by atoms with E-state index in [2.05, 4.69) is 36.5 Å². The van der Waals surface area contributed by atoms with Crippen LogP contribution in [0.2, 0.25) is 0 Å². The van der Waals surface area contributed by atoms with Gasteiger partial charge < -0.3 is 89.9 Å². The van der Waals surface area contributed by atoms with Crippen molar-refractivity contribution in [2.24, 2.45) is 0 Å². The van der Waals surface area contributed by atoms with Gasteiger partial charge >= 0.3 is 0 Å². The number of ether oxygens (including phenoxy) is 6. The van der Waals surface area contributed by atoms with Crippen molar-refractivity contribution in [3.63, 3.8) is 0 Å². The molecule has 59 heavy (non-hydrogen) atoms. The van der Waals surface area contributed by atoms with Crippen LogP contribution in [0.3, 0.4) is 0 Å². The van der Waals surface area contributed by atoms with Crippen molar-refractivity contribution in [1.82, 2.24) is 5.32 Å². The maximum atomic E-state index is 12.7. The predicted molar refractivity (Wildman–Crippen MR) is 208 cm³/mol. The summed E-state index contributed by atoms with van der Waals surface area (Å²) in [7, 11) is 0. The summed E-state index contributed by atoms with van der Waals surface area (Å²) in [5.74, 6) is -0.332. The van der Waals surface area contributed by atoms with E-state index in [1.807, 2.05) is 6.92 Å². The second-order valence-electron chi connectivity index (χ2n) is 15.1. The van der Waals surface area contributed by atoms with Gasteiger partial charge in [0.15, 0.2) is 18.9 Å². The molecule has 0 bridgehead atoms. The van der Waals surface area contributed by atoms with Crippen molar-refractivity contribution in [3.05, 3.63) is 36.5 Å². The second-order valence-corrected chi connectivity index (χ2v) is 15.1. The first-order valence-electron chi connectivity index (χ1n) is 20.7. The number of rotatable bonds is 25. The van der Waals surface area contributed by atoms with Gasteiger partial charge in [-0.05, 0) is 38.5 Å². The van der Waals surface area contributed by atoms with Crippen LogP contribution in [0.25, 0.3) is 0 Å². The first-order chi connectivity index (χ1) is 28.3. The van der Waals surface area contributed by atoms with E-state index in [1.54, 1.807) is 6.08 Å². The van der Waals surface area contributed by atoms with Crippen molar-refractivity contribution in [3.8, 4) is 0 Å². The van der Waals surface area contributed by atoms with E-state index in [4.69, 9.17) is 28.4 Å². The molecule has 19 nitrogen and oxygen atoms in total. The number of amides is 1. The summed E-state index contributed by atoms with van der Waals surface area (Å²) in [4.78, 5) is 12.7. The Bertz CT molecular complexity index is 1250. The third-order valence-corrected chi connectivity index (χ3v) is 10.4. The highest BCUT2D eigenvalue weighted by atomic mass is 16.8. The van der Waals surface area contributed by atoms with Crippen LogP contribution >= 0.6 is 0 Å². The number of carbonyl (C=O) groups is 1. The fraction of sp³-hybridized carbons (Fsp3) is 0.825. The molecule has 3 aliphatic heterocycles. The Kier molecular flexibility index (Phi) is 23.6. The largest absolute Gasteiger partial charge is 0.394 e. The van der Waals surface area contributed by atoms with Crippen LogP contribution in [0.5, 0.6) is 0 Å². The molecule has 3 fully saturated rings. The summed E-state index contributed by atoms with van der Waals surface area (Å²) in [6.07, 6.45) is -6.64. The van der Waals surface area contributed by atoms with Crippen molar-refractivity contribution in [2.75, 3.05) is 26.4 Å². The molecule has 17 unspecified atom stereocenters. The van der Waals surface area contributed by atoms with Gasteiger partial charge in [-0.15, -0.1) is 0 Å². The van der Waals surface area contributed by atoms with E-state index < -0.39 is 124 Å². The molecule has 342 valence electrons. The van der Waals surface area contributed by atoms with Gasteiger partial charge in [-0.2, -0.15) is 0 Å². The van der Waals surface area contributed by atoms with Crippen molar-refractivity contribution in [2.45, 2.75) is 182 Å². The molecule has 3 rings (SSSR count). The standard InChI is InChI=1S/C40H69NO18/c1-3-5-7-8-9-10-11-12-13-14-15-16-17-24(45)23(41-28(46)18-6-4-2)22-54-38-34(52)31(49)36(26(20-43)56-38)59-40-35(53)32(50)37(27(21-44)57-40)58-39-33(51)30(48)29(47)25(19-42)55-39/h8-9,12-13,16-17,23-27,29-40,42-45,47-53H,3-7,10-11,14-15,18-22H2,1-2H3,(H,41,46)/b9-8+,13-12+,17-16+. The minimum absolute atomic E-state index is 0.205. The molecule has 0 aromatic heterocycles. The summed E-state index contributed by atoms with van der Waals surface area (Å²) in [5, 5.41) is 118. The van der Waals surface area contributed by atoms with Crippen molar-refractivity contribution < 1.29 is 89.4 Å². The van der Waals surface area contributed by atoms with E-state index >= 15 is 0 Å². The van der Waals surface area contributed by atoms with Crippen LogP contribution in [0.15, 0.2) is 36.5 Å². The fourth-order valence-electron chi connectivity index (χ4n) is 6.77. The van der Waals surface area contributed by atoms with Gasteiger partial charge in [0.25, 0.3) is 0 Å². The monoisotopic (exact) mass is 851 g/mol. The highest BCUT2D eigenvalue weighted by Crippen LogP contribution is 2.32. The van der Waals surface area contributed by atoms with Crippen LogP contribution in [-0.4, -0.2) is 193 Å². The van der Waals surface area contributed by atoms with E-state index in [-0.39, 0.29) is 18.9 Å². The van der Waals surface area contributed by atoms with Gasteiger partial charge in [0.2, 0.25) is 5.91 Å². The van der Waals surface area contributed by atoms with Gasteiger partial charge in [0, 0.05) is 6.42 Å². The van der Waals surface area contributed by atoms with E-state index in [0.717, 1.165) is 32.1 Å². The number of aliphatic hydroxyl groups excluding tert-OH is 11. The fourth-order valence-corrected chi connectivity index (χ4v) is 6.77. The molecule has 3 heterocycles. The quantitative estimate of drug-likeness (QED) is 0.0346. The number of nitrogens with one attached hydrogen (secondary N) is 1. The van der Waals surface area contributed by atoms with Gasteiger partial charge in [-0.25, -0.2) is 0 Å². The average Bonchev–Trinajstić information content (AvgIpc) is 3.23. The number of aliphatic hydroxyl groups is 11. The Hall–Kier alpha value is -1.99. The van der Waals surface area contributed by atoms with Gasteiger partial charge in [-0.1, -0.05) is 69.6 Å². The second kappa shape index (κ2) is 27.2.